The molecule has 2 bridgehead atoms. The predicted octanol–water partition coefficient (Wildman–Crippen LogP) is 3.49. The van der Waals surface area contributed by atoms with E-state index >= 15 is 0 Å². The molecule has 0 aromatic carbocycles. The molecule has 0 aromatic heterocycles. The van der Waals surface area contributed by atoms with Crippen LogP contribution in [0.3, 0.4) is 0 Å². The lowest BCUT2D eigenvalue weighted by molar-refractivity contribution is -0.0759. The minimum absolute atomic E-state index is 0.123. The number of aliphatic hydroxyl groups excluding tert-OH is 1. The molecule has 3 aliphatic rings. The summed E-state index contributed by atoms with van der Waals surface area (Å²) in [6.45, 7) is 2.11. The number of nitrogens with zero attached hydrogens (tertiary/aromatic N) is 1. The van der Waals surface area contributed by atoms with E-state index < -0.39 is 0 Å². The number of hydrogen-bond donors (Lipinski definition) is 1. The lowest BCUT2D eigenvalue weighted by atomic mass is 9.94. The molecular formula is C18H33NO2. The van der Waals surface area contributed by atoms with Gasteiger partial charge in [0.2, 0.25) is 0 Å². The van der Waals surface area contributed by atoms with E-state index in [9.17, 15) is 5.11 Å². The average molecular weight is 295 g/mol. The van der Waals surface area contributed by atoms with Crippen LogP contribution in [-0.4, -0.2) is 47.4 Å². The summed E-state index contributed by atoms with van der Waals surface area (Å²) < 4.78 is 5.97. The van der Waals surface area contributed by atoms with Crippen LogP contribution in [0.2, 0.25) is 0 Å². The predicted molar refractivity (Wildman–Crippen MR) is 85.4 cm³/mol. The molecule has 3 fully saturated rings. The number of aliphatic hydroxyl groups is 1. The molecule has 4 atom stereocenters. The Balaban J connectivity index is 1.58. The number of fused-ring (bicyclic) bond motifs is 2. The van der Waals surface area contributed by atoms with Crippen LogP contribution in [0.4, 0.5) is 0 Å². The molecule has 3 rings (SSSR count). The van der Waals surface area contributed by atoms with Gasteiger partial charge in [-0.15, -0.1) is 0 Å². The molecule has 2 saturated heterocycles. The quantitative estimate of drug-likeness (QED) is 0.804. The highest BCUT2D eigenvalue weighted by atomic mass is 16.5. The molecular weight excluding hydrogens is 262 g/mol. The Morgan fingerprint density at radius 3 is 1.81 bits per heavy atom. The molecule has 2 heterocycles. The SMILES string of the molecule is OC1CCCCCCCCCCC1N1CC2CCC(C1)O2. The number of rotatable bonds is 1. The van der Waals surface area contributed by atoms with Gasteiger partial charge >= 0.3 is 0 Å². The van der Waals surface area contributed by atoms with E-state index in [4.69, 9.17) is 4.74 Å². The zero-order valence-corrected chi connectivity index (χ0v) is 13.5. The molecule has 0 spiro atoms. The second-order valence-electron chi connectivity index (χ2n) is 7.45. The Hall–Kier alpha value is -0.120. The summed E-state index contributed by atoms with van der Waals surface area (Å²) in [6, 6.07) is 0.386. The van der Waals surface area contributed by atoms with Gasteiger partial charge in [-0.1, -0.05) is 51.4 Å². The molecule has 4 unspecified atom stereocenters. The Bertz CT molecular complexity index is 298. The summed E-state index contributed by atoms with van der Waals surface area (Å²) in [5.74, 6) is 0. The third kappa shape index (κ3) is 4.43. The van der Waals surface area contributed by atoms with Crippen molar-refractivity contribution in [3.05, 3.63) is 0 Å². The zero-order valence-electron chi connectivity index (χ0n) is 13.5. The summed E-state index contributed by atoms with van der Waals surface area (Å²) in [5.41, 5.74) is 0. The molecule has 21 heavy (non-hydrogen) atoms. The monoisotopic (exact) mass is 295 g/mol. The van der Waals surface area contributed by atoms with Crippen molar-refractivity contribution in [1.82, 2.24) is 4.90 Å². The Morgan fingerprint density at radius 1 is 0.667 bits per heavy atom. The first-order valence-corrected chi connectivity index (χ1v) is 9.40. The van der Waals surface area contributed by atoms with Gasteiger partial charge < -0.3 is 9.84 Å². The van der Waals surface area contributed by atoms with E-state index in [-0.39, 0.29) is 6.10 Å². The van der Waals surface area contributed by atoms with Gasteiger partial charge in [-0.3, -0.25) is 4.90 Å². The van der Waals surface area contributed by atoms with Crippen LogP contribution in [0, 0.1) is 0 Å². The number of likely N-dealkylation sites (tertiary alicyclic amines) is 1. The topological polar surface area (TPSA) is 32.7 Å². The molecule has 1 aliphatic carbocycles. The van der Waals surface area contributed by atoms with Gasteiger partial charge in [0.25, 0.3) is 0 Å². The van der Waals surface area contributed by atoms with Crippen molar-refractivity contribution in [3.63, 3.8) is 0 Å². The van der Waals surface area contributed by atoms with Crippen molar-refractivity contribution in [2.24, 2.45) is 0 Å². The van der Waals surface area contributed by atoms with Crippen molar-refractivity contribution in [3.8, 4) is 0 Å². The maximum atomic E-state index is 10.7. The molecule has 3 nitrogen and oxygen atoms in total. The highest BCUT2D eigenvalue weighted by Crippen LogP contribution is 2.30. The van der Waals surface area contributed by atoms with E-state index in [0.717, 1.165) is 19.5 Å². The van der Waals surface area contributed by atoms with Crippen LogP contribution in [0.25, 0.3) is 0 Å². The highest BCUT2D eigenvalue weighted by molar-refractivity contribution is 4.90. The molecule has 1 N–H and O–H groups in total. The molecule has 1 saturated carbocycles. The van der Waals surface area contributed by atoms with E-state index in [0.29, 0.717) is 18.2 Å². The maximum absolute atomic E-state index is 10.7. The van der Waals surface area contributed by atoms with Crippen LogP contribution in [0.15, 0.2) is 0 Å². The lowest BCUT2D eigenvalue weighted by Gasteiger charge is -2.40. The highest BCUT2D eigenvalue weighted by Gasteiger charge is 2.38. The van der Waals surface area contributed by atoms with Crippen molar-refractivity contribution < 1.29 is 9.84 Å². The van der Waals surface area contributed by atoms with Gasteiger partial charge in [0.1, 0.15) is 0 Å². The Kier molecular flexibility index (Phi) is 5.96. The van der Waals surface area contributed by atoms with Gasteiger partial charge in [-0.2, -0.15) is 0 Å². The third-order valence-corrected chi connectivity index (χ3v) is 5.73. The summed E-state index contributed by atoms with van der Waals surface area (Å²) in [5, 5.41) is 10.7. The fourth-order valence-electron chi connectivity index (χ4n) is 4.50. The first-order chi connectivity index (χ1) is 10.3. The summed E-state index contributed by atoms with van der Waals surface area (Å²) in [6.07, 6.45) is 16.1. The van der Waals surface area contributed by atoms with Crippen LogP contribution < -0.4 is 0 Å². The van der Waals surface area contributed by atoms with Gasteiger partial charge in [0.05, 0.1) is 18.3 Å². The van der Waals surface area contributed by atoms with Crippen LogP contribution >= 0.6 is 0 Å². The number of ether oxygens (including phenoxy) is 1. The standard InChI is InChI=1S/C18H33NO2/c20-18-10-8-6-4-2-1-3-5-7-9-17(18)19-13-15-11-12-16(14-19)21-15/h15-18,20H,1-14H2. The molecule has 122 valence electrons. The second kappa shape index (κ2) is 7.94. The fourth-order valence-corrected chi connectivity index (χ4v) is 4.50. The van der Waals surface area contributed by atoms with Gasteiger partial charge in [0.15, 0.2) is 0 Å². The van der Waals surface area contributed by atoms with E-state index in [2.05, 4.69) is 4.90 Å². The van der Waals surface area contributed by atoms with Crippen LogP contribution in [0.1, 0.15) is 77.0 Å². The summed E-state index contributed by atoms with van der Waals surface area (Å²) in [4.78, 5) is 2.57. The fraction of sp³-hybridized carbons (Fsp3) is 1.00. The first kappa shape index (κ1) is 15.8. The molecule has 2 aliphatic heterocycles. The minimum Gasteiger partial charge on any atom is -0.391 e. The number of hydrogen-bond acceptors (Lipinski definition) is 3. The average Bonchev–Trinajstić information content (AvgIpc) is 2.81. The largest absolute Gasteiger partial charge is 0.391 e. The normalized spacial score (nSPS) is 40.4. The Morgan fingerprint density at radius 2 is 1.19 bits per heavy atom. The minimum atomic E-state index is -0.123. The molecule has 0 aromatic rings. The Labute approximate surface area is 130 Å². The first-order valence-electron chi connectivity index (χ1n) is 9.40. The third-order valence-electron chi connectivity index (χ3n) is 5.73. The molecule has 0 amide bonds. The smallest absolute Gasteiger partial charge is 0.0707 e. The maximum Gasteiger partial charge on any atom is 0.0707 e. The van der Waals surface area contributed by atoms with Gasteiger partial charge in [-0.05, 0) is 25.7 Å². The van der Waals surface area contributed by atoms with E-state index in [1.54, 1.807) is 0 Å². The summed E-state index contributed by atoms with van der Waals surface area (Å²) in [7, 11) is 0. The van der Waals surface area contributed by atoms with Crippen molar-refractivity contribution in [2.45, 2.75) is 101 Å². The summed E-state index contributed by atoms with van der Waals surface area (Å²) >= 11 is 0. The van der Waals surface area contributed by atoms with Gasteiger partial charge in [0, 0.05) is 19.1 Å². The van der Waals surface area contributed by atoms with Crippen LogP contribution in [-0.2, 0) is 4.74 Å². The van der Waals surface area contributed by atoms with Crippen LogP contribution in [0.5, 0.6) is 0 Å². The van der Waals surface area contributed by atoms with E-state index in [1.165, 1.54) is 70.6 Å². The van der Waals surface area contributed by atoms with Gasteiger partial charge in [-0.25, -0.2) is 0 Å². The molecule has 3 heteroatoms. The number of morpholine rings is 1. The lowest BCUT2D eigenvalue weighted by Crippen LogP contribution is -2.52. The second-order valence-corrected chi connectivity index (χ2v) is 7.45. The van der Waals surface area contributed by atoms with Crippen molar-refractivity contribution in [1.29, 1.82) is 0 Å². The zero-order chi connectivity index (χ0) is 14.5. The van der Waals surface area contributed by atoms with Crippen molar-refractivity contribution >= 4 is 0 Å². The van der Waals surface area contributed by atoms with E-state index in [1.807, 2.05) is 0 Å². The molecule has 0 radical (unpaired) electrons. The van der Waals surface area contributed by atoms with Crippen molar-refractivity contribution in [2.75, 3.05) is 13.1 Å².